The number of esters is 1. The highest BCUT2D eigenvalue weighted by Crippen LogP contribution is 2.31. The minimum atomic E-state index is -0.123. The van der Waals surface area contributed by atoms with Crippen LogP contribution < -0.4 is 0 Å². The number of hydrogen-bond acceptors (Lipinski definition) is 4. The number of carbonyl (C=O) groups excluding carboxylic acids is 1. The van der Waals surface area contributed by atoms with Gasteiger partial charge < -0.3 is 4.74 Å². The Balaban J connectivity index is 1.84. The molecule has 3 rings (SSSR count). The second-order valence-electron chi connectivity index (χ2n) is 4.43. The molecule has 2 aromatic rings. The van der Waals surface area contributed by atoms with E-state index in [1.165, 1.54) is 11.8 Å². The SMILES string of the molecule is C[C@H]1C[C@H](Sc2ccc3ccccc3n2)C(=O)O1. The second-order valence-corrected chi connectivity index (χ2v) is 5.65. The van der Waals surface area contributed by atoms with E-state index in [-0.39, 0.29) is 17.3 Å². The topological polar surface area (TPSA) is 39.2 Å². The third-order valence-electron chi connectivity index (χ3n) is 2.96. The number of fused-ring (bicyclic) bond motifs is 1. The summed E-state index contributed by atoms with van der Waals surface area (Å²) < 4.78 is 5.15. The molecule has 0 unspecified atom stereocenters. The Morgan fingerprint density at radius 3 is 2.89 bits per heavy atom. The summed E-state index contributed by atoms with van der Waals surface area (Å²) in [4.78, 5) is 16.1. The van der Waals surface area contributed by atoms with Gasteiger partial charge >= 0.3 is 5.97 Å². The predicted octanol–water partition coefficient (Wildman–Crippen LogP) is 3.03. The quantitative estimate of drug-likeness (QED) is 0.777. The van der Waals surface area contributed by atoms with Crippen LogP contribution in [0.15, 0.2) is 41.4 Å². The fourth-order valence-electron chi connectivity index (χ4n) is 2.07. The minimum Gasteiger partial charge on any atom is -0.462 e. The number of thioether (sulfide) groups is 1. The molecule has 3 nitrogen and oxygen atoms in total. The Labute approximate surface area is 110 Å². The Bertz CT molecular complexity index is 599. The molecule has 0 bridgehead atoms. The van der Waals surface area contributed by atoms with E-state index in [2.05, 4.69) is 4.98 Å². The summed E-state index contributed by atoms with van der Waals surface area (Å²) in [6.45, 7) is 1.92. The summed E-state index contributed by atoms with van der Waals surface area (Å²) in [7, 11) is 0. The maximum absolute atomic E-state index is 11.6. The van der Waals surface area contributed by atoms with E-state index >= 15 is 0 Å². The van der Waals surface area contributed by atoms with Gasteiger partial charge in [-0.05, 0) is 19.1 Å². The zero-order chi connectivity index (χ0) is 12.5. The van der Waals surface area contributed by atoms with Crippen molar-refractivity contribution in [3.8, 4) is 0 Å². The fourth-order valence-corrected chi connectivity index (χ4v) is 3.18. The summed E-state index contributed by atoms with van der Waals surface area (Å²) >= 11 is 1.49. The van der Waals surface area contributed by atoms with Crippen LogP contribution in [-0.4, -0.2) is 22.3 Å². The summed E-state index contributed by atoms with van der Waals surface area (Å²) in [6, 6.07) is 12.0. The summed E-state index contributed by atoms with van der Waals surface area (Å²) in [6.07, 6.45) is 0.785. The van der Waals surface area contributed by atoms with Gasteiger partial charge in [0.05, 0.1) is 10.5 Å². The molecule has 1 aromatic heterocycles. The first-order chi connectivity index (χ1) is 8.72. The molecule has 4 heteroatoms. The number of benzene rings is 1. The van der Waals surface area contributed by atoms with Crippen LogP contribution in [0.2, 0.25) is 0 Å². The van der Waals surface area contributed by atoms with Crippen molar-refractivity contribution in [1.29, 1.82) is 0 Å². The lowest BCUT2D eigenvalue weighted by Crippen LogP contribution is -2.09. The maximum atomic E-state index is 11.6. The number of aromatic nitrogens is 1. The maximum Gasteiger partial charge on any atom is 0.319 e. The smallest absolute Gasteiger partial charge is 0.319 e. The third-order valence-corrected chi connectivity index (χ3v) is 4.10. The molecule has 0 amide bonds. The van der Waals surface area contributed by atoms with Gasteiger partial charge in [0.15, 0.2) is 0 Å². The molecule has 0 N–H and O–H groups in total. The number of para-hydroxylation sites is 1. The lowest BCUT2D eigenvalue weighted by atomic mass is 10.2. The van der Waals surface area contributed by atoms with Gasteiger partial charge in [0, 0.05) is 11.8 Å². The summed E-state index contributed by atoms with van der Waals surface area (Å²) in [5.74, 6) is -0.123. The number of hydrogen-bond donors (Lipinski definition) is 0. The van der Waals surface area contributed by atoms with Crippen molar-refractivity contribution in [2.75, 3.05) is 0 Å². The van der Waals surface area contributed by atoms with E-state index in [0.29, 0.717) is 0 Å². The highest BCUT2D eigenvalue weighted by Gasteiger charge is 2.32. The largest absolute Gasteiger partial charge is 0.462 e. The molecule has 0 aliphatic carbocycles. The van der Waals surface area contributed by atoms with Crippen molar-refractivity contribution >= 4 is 28.6 Å². The van der Waals surface area contributed by atoms with Crippen LogP contribution in [0.1, 0.15) is 13.3 Å². The highest BCUT2D eigenvalue weighted by molar-refractivity contribution is 8.00. The molecule has 1 saturated heterocycles. The van der Waals surface area contributed by atoms with E-state index in [1.54, 1.807) is 0 Å². The lowest BCUT2D eigenvalue weighted by Gasteiger charge is -2.05. The lowest BCUT2D eigenvalue weighted by molar-refractivity contribution is -0.140. The minimum absolute atomic E-state index is 0.0236. The van der Waals surface area contributed by atoms with E-state index in [4.69, 9.17) is 4.74 Å². The van der Waals surface area contributed by atoms with Crippen LogP contribution in [0.4, 0.5) is 0 Å². The monoisotopic (exact) mass is 259 g/mol. The molecule has 1 aliphatic heterocycles. The first kappa shape index (κ1) is 11.5. The zero-order valence-electron chi connectivity index (χ0n) is 10.00. The summed E-state index contributed by atoms with van der Waals surface area (Å²) in [5, 5.41) is 1.88. The zero-order valence-corrected chi connectivity index (χ0v) is 10.8. The fraction of sp³-hybridized carbons (Fsp3) is 0.286. The molecular formula is C14H13NO2S. The first-order valence-corrected chi connectivity index (χ1v) is 6.83. The van der Waals surface area contributed by atoms with Crippen molar-refractivity contribution in [1.82, 2.24) is 4.98 Å². The van der Waals surface area contributed by atoms with Crippen LogP contribution in [0, 0.1) is 0 Å². The molecule has 2 heterocycles. The van der Waals surface area contributed by atoms with Crippen LogP contribution >= 0.6 is 11.8 Å². The molecule has 18 heavy (non-hydrogen) atoms. The molecule has 0 radical (unpaired) electrons. The molecule has 1 aromatic carbocycles. The van der Waals surface area contributed by atoms with Crippen molar-refractivity contribution in [3.63, 3.8) is 0 Å². The van der Waals surface area contributed by atoms with E-state index in [0.717, 1.165) is 22.3 Å². The Morgan fingerprint density at radius 1 is 1.28 bits per heavy atom. The van der Waals surface area contributed by atoms with Crippen molar-refractivity contribution in [3.05, 3.63) is 36.4 Å². The van der Waals surface area contributed by atoms with Gasteiger partial charge in [-0.3, -0.25) is 4.79 Å². The molecule has 2 atom stereocenters. The normalized spacial score (nSPS) is 23.3. The van der Waals surface area contributed by atoms with Crippen molar-refractivity contribution < 1.29 is 9.53 Å². The molecule has 1 fully saturated rings. The van der Waals surface area contributed by atoms with Gasteiger partial charge in [0.2, 0.25) is 0 Å². The highest BCUT2D eigenvalue weighted by atomic mass is 32.2. The number of rotatable bonds is 2. The van der Waals surface area contributed by atoms with E-state index in [9.17, 15) is 4.79 Å². The van der Waals surface area contributed by atoms with Gasteiger partial charge in [0.1, 0.15) is 11.4 Å². The third kappa shape index (κ3) is 2.20. The Kier molecular flexibility index (Phi) is 2.96. The van der Waals surface area contributed by atoms with E-state index < -0.39 is 0 Å². The standard InChI is InChI=1S/C14H13NO2S/c1-9-8-12(14(16)17-9)18-13-7-6-10-4-2-3-5-11(10)15-13/h2-7,9,12H,8H2,1H3/t9-,12-/m0/s1. The average Bonchev–Trinajstić information content (AvgIpc) is 2.68. The van der Waals surface area contributed by atoms with Crippen LogP contribution in [-0.2, 0) is 9.53 Å². The molecule has 0 spiro atoms. The molecule has 1 aliphatic rings. The number of pyridine rings is 1. The van der Waals surface area contributed by atoms with Crippen LogP contribution in [0.5, 0.6) is 0 Å². The number of carbonyl (C=O) groups is 1. The van der Waals surface area contributed by atoms with Crippen LogP contribution in [0.25, 0.3) is 10.9 Å². The molecule has 92 valence electrons. The van der Waals surface area contributed by atoms with Gasteiger partial charge in [-0.1, -0.05) is 36.0 Å². The number of nitrogens with zero attached hydrogens (tertiary/aromatic N) is 1. The average molecular weight is 259 g/mol. The van der Waals surface area contributed by atoms with Crippen molar-refractivity contribution in [2.45, 2.75) is 29.7 Å². The van der Waals surface area contributed by atoms with Gasteiger partial charge in [-0.15, -0.1) is 0 Å². The molecule has 0 saturated carbocycles. The van der Waals surface area contributed by atoms with Crippen LogP contribution in [0.3, 0.4) is 0 Å². The Hall–Kier alpha value is -1.55. The van der Waals surface area contributed by atoms with E-state index in [1.807, 2.05) is 43.3 Å². The van der Waals surface area contributed by atoms with Gasteiger partial charge in [-0.2, -0.15) is 0 Å². The second kappa shape index (κ2) is 4.61. The predicted molar refractivity (Wildman–Crippen MR) is 71.6 cm³/mol. The van der Waals surface area contributed by atoms with Gasteiger partial charge in [0.25, 0.3) is 0 Å². The van der Waals surface area contributed by atoms with Gasteiger partial charge in [-0.25, -0.2) is 4.98 Å². The summed E-state index contributed by atoms with van der Waals surface area (Å²) in [5.41, 5.74) is 0.960. The number of ether oxygens (including phenoxy) is 1. The van der Waals surface area contributed by atoms with Crippen molar-refractivity contribution in [2.24, 2.45) is 0 Å². The number of cyclic esters (lactones) is 1. The Morgan fingerprint density at radius 2 is 2.11 bits per heavy atom. The molecular weight excluding hydrogens is 246 g/mol. The first-order valence-electron chi connectivity index (χ1n) is 5.95.